The number of benzene rings is 1. The van der Waals surface area contributed by atoms with Gasteiger partial charge in [-0.1, -0.05) is 25.1 Å². The molecule has 1 saturated heterocycles. The number of nitrogens with zero attached hydrogens (tertiary/aromatic N) is 2. The fourth-order valence-corrected chi connectivity index (χ4v) is 2.85. The van der Waals surface area contributed by atoms with E-state index in [1.54, 1.807) is 43.3 Å². The van der Waals surface area contributed by atoms with E-state index in [1.807, 2.05) is 6.07 Å². The van der Waals surface area contributed by atoms with Gasteiger partial charge >= 0.3 is 0 Å². The average Bonchev–Trinajstić information content (AvgIpc) is 3.20. The Bertz CT molecular complexity index is 740. The monoisotopic (exact) mass is 326 g/mol. The summed E-state index contributed by atoms with van der Waals surface area (Å²) < 4.78 is 5.29. The molecule has 0 N–H and O–H groups in total. The molecule has 0 radical (unpaired) electrons. The summed E-state index contributed by atoms with van der Waals surface area (Å²) in [7, 11) is 0. The molecule has 3 amide bonds. The van der Waals surface area contributed by atoms with Crippen LogP contribution in [0, 0.1) is 0 Å². The van der Waals surface area contributed by atoms with Gasteiger partial charge in [0.1, 0.15) is 11.8 Å². The topological polar surface area (TPSA) is 70.8 Å². The lowest BCUT2D eigenvalue weighted by Crippen LogP contribution is -2.44. The first kappa shape index (κ1) is 16.0. The number of furan rings is 1. The largest absolute Gasteiger partial charge is 0.467 e. The number of hydrogen-bond acceptors (Lipinski definition) is 4. The molecule has 24 heavy (non-hydrogen) atoms. The minimum atomic E-state index is -0.796. The fraction of sp³-hybridized carbons (Fsp3) is 0.278. The summed E-state index contributed by atoms with van der Waals surface area (Å²) in [4.78, 5) is 40.1. The van der Waals surface area contributed by atoms with Crippen molar-refractivity contribution < 1.29 is 18.8 Å². The van der Waals surface area contributed by atoms with Gasteiger partial charge in [-0.15, -0.1) is 0 Å². The van der Waals surface area contributed by atoms with Crippen LogP contribution in [0.3, 0.4) is 0 Å². The minimum absolute atomic E-state index is 0.0137. The van der Waals surface area contributed by atoms with Crippen molar-refractivity contribution >= 4 is 23.4 Å². The first-order chi connectivity index (χ1) is 11.6. The van der Waals surface area contributed by atoms with E-state index in [4.69, 9.17) is 4.42 Å². The fourth-order valence-electron chi connectivity index (χ4n) is 2.85. The molecule has 0 bridgehead atoms. The molecule has 1 aromatic heterocycles. The predicted octanol–water partition coefficient (Wildman–Crippen LogP) is 2.35. The van der Waals surface area contributed by atoms with Crippen molar-refractivity contribution in [3.8, 4) is 0 Å². The molecule has 0 unspecified atom stereocenters. The van der Waals surface area contributed by atoms with Crippen LogP contribution in [0.25, 0.3) is 0 Å². The number of carbonyl (C=O) groups excluding carboxylic acids is 3. The van der Waals surface area contributed by atoms with E-state index in [9.17, 15) is 14.4 Å². The van der Waals surface area contributed by atoms with Crippen molar-refractivity contribution in [2.75, 3.05) is 4.90 Å². The molecule has 1 aliphatic rings. The van der Waals surface area contributed by atoms with Gasteiger partial charge in [-0.25, -0.2) is 4.90 Å². The third-order valence-corrected chi connectivity index (χ3v) is 4.04. The first-order valence-corrected chi connectivity index (χ1v) is 7.85. The molecule has 2 heterocycles. The summed E-state index contributed by atoms with van der Waals surface area (Å²) in [5.41, 5.74) is 0.525. The number of amides is 3. The highest BCUT2D eigenvalue weighted by atomic mass is 16.3. The van der Waals surface area contributed by atoms with Gasteiger partial charge in [0, 0.05) is 6.42 Å². The standard InChI is InChI=1S/C18H18N2O4/c1-2-16(21)19(12-14-9-6-10-24-14)15-11-17(22)20(18(15)23)13-7-4-3-5-8-13/h3-10,15H,2,11-12H2,1H3/t15-/m1/s1. The Kier molecular flexibility index (Phi) is 4.46. The zero-order valence-corrected chi connectivity index (χ0v) is 13.3. The molecule has 1 fully saturated rings. The summed E-state index contributed by atoms with van der Waals surface area (Å²) in [5.74, 6) is -0.285. The first-order valence-electron chi connectivity index (χ1n) is 7.85. The van der Waals surface area contributed by atoms with E-state index in [0.29, 0.717) is 11.4 Å². The second kappa shape index (κ2) is 6.70. The zero-order valence-electron chi connectivity index (χ0n) is 13.3. The highest BCUT2D eigenvalue weighted by Gasteiger charge is 2.44. The number of rotatable bonds is 5. The zero-order chi connectivity index (χ0) is 17.1. The summed E-state index contributed by atoms with van der Waals surface area (Å²) in [6, 6.07) is 11.4. The third kappa shape index (κ3) is 2.95. The van der Waals surface area contributed by atoms with E-state index in [0.717, 1.165) is 4.90 Å². The van der Waals surface area contributed by atoms with Crippen LogP contribution in [0.4, 0.5) is 5.69 Å². The highest BCUT2D eigenvalue weighted by molar-refractivity contribution is 6.22. The van der Waals surface area contributed by atoms with Crippen molar-refractivity contribution in [2.45, 2.75) is 32.4 Å². The average molecular weight is 326 g/mol. The van der Waals surface area contributed by atoms with Crippen LogP contribution in [-0.4, -0.2) is 28.7 Å². The van der Waals surface area contributed by atoms with Gasteiger partial charge in [-0.2, -0.15) is 0 Å². The smallest absolute Gasteiger partial charge is 0.257 e. The lowest BCUT2D eigenvalue weighted by molar-refractivity contribution is -0.139. The van der Waals surface area contributed by atoms with E-state index in [2.05, 4.69) is 0 Å². The molecule has 1 atom stereocenters. The van der Waals surface area contributed by atoms with Gasteiger partial charge in [0.25, 0.3) is 5.91 Å². The van der Waals surface area contributed by atoms with Gasteiger partial charge in [0.2, 0.25) is 11.8 Å². The number of hydrogen-bond donors (Lipinski definition) is 0. The molecule has 1 aliphatic heterocycles. The van der Waals surface area contributed by atoms with Crippen molar-refractivity contribution in [3.63, 3.8) is 0 Å². The van der Waals surface area contributed by atoms with Crippen LogP contribution in [-0.2, 0) is 20.9 Å². The molecule has 124 valence electrons. The Morgan fingerprint density at radius 2 is 1.96 bits per heavy atom. The number of carbonyl (C=O) groups is 3. The van der Waals surface area contributed by atoms with E-state index < -0.39 is 6.04 Å². The van der Waals surface area contributed by atoms with E-state index >= 15 is 0 Å². The molecule has 2 aromatic rings. The van der Waals surface area contributed by atoms with Crippen molar-refractivity contribution in [1.82, 2.24) is 4.90 Å². The van der Waals surface area contributed by atoms with Gasteiger partial charge in [0.15, 0.2) is 0 Å². The molecular weight excluding hydrogens is 308 g/mol. The Balaban J connectivity index is 1.87. The van der Waals surface area contributed by atoms with Crippen molar-refractivity contribution in [3.05, 3.63) is 54.5 Å². The molecule has 0 spiro atoms. The molecule has 1 aromatic carbocycles. The lowest BCUT2D eigenvalue weighted by atomic mass is 10.2. The van der Waals surface area contributed by atoms with Crippen LogP contribution in [0.15, 0.2) is 53.1 Å². The second-order valence-electron chi connectivity index (χ2n) is 5.58. The molecule has 0 saturated carbocycles. The van der Waals surface area contributed by atoms with Crippen LogP contribution >= 0.6 is 0 Å². The second-order valence-corrected chi connectivity index (χ2v) is 5.58. The molecule has 6 heteroatoms. The Labute approximate surface area is 139 Å². The predicted molar refractivity (Wildman–Crippen MR) is 86.9 cm³/mol. The lowest BCUT2D eigenvalue weighted by Gasteiger charge is -2.26. The summed E-state index contributed by atoms with van der Waals surface area (Å²) >= 11 is 0. The number of imide groups is 1. The Morgan fingerprint density at radius 3 is 2.58 bits per heavy atom. The van der Waals surface area contributed by atoms with Crippen LogP contribution in [0.2, 0.25) is 0 Å². The van der Waals surface area contributed by atoms with Crippen molar-refractivity contribution in [1.29, 1.82) is 0 Å². The highest BCUT2D eigenvalue weighted by Crippen LogP contribution is 2.27. The molecule has 6 nitrogen and oxygen atoms in total. The quantitative estimate of drug-likeness (QED) is 0.791. The third-order valence-electron chi connectivity index (χ3n) is 4.04. The van der Waals surface area contributed by atoms with E-state index in [-0.39, 0.29) is 37.1 Å². The summed E-state index contributed by atoms with van der Waals surface area (Å²) in [5, 5.41) is 0. The molecule has 0 aliphatic carbocycles. The maximum Gasteiger partial charge on any atom is 0.257 e. The van der Waals surface area contributed by atoms with Gasteiger partial charge < -0.3 is 9.32 Å². The van der Waals surface area contributed by atoms with Crippen LogP contribution in [0.1, 0.15) is 25.5 Å². The Morgan fingerprint density at radius 1 is 1.21 bits per heavy atom. The summed E-state index contributed by atoms with van der Waals surface area (Å²) in [6.45, 7) is 1.90. The SMILES string of the molecule is CCC(=O)N(Cc1ccco1)[C@@H]1CC(=O)N(c2ccccc2)C1=O. The summed E-state index contributed by atoms with van der Waals surface area (Å²) in [6.07, 6.45) is 1.76. The van der Waals surface area contributed by atoms with E-state index in [1.165, 1.54) is 11.2 Å². The number of anilines is 1. The maximum atomic E-state index is 12.8. The van der Waals surface area contributed by atoms with Gasteiger partial charge in [-0.3, -0.25) is 14.4 Å². The van der Waals surface area contributed by atoms with Gasteiger partial charge in [0.05, 0.1) is 24.9 Å². The number of para-hydroxylation sites is 1. The van der Waals surface area contributed by atoms with Crippen LogP contribution < -0.4 is 4.90 Å². The molecular formula is C18H18N2O4. The van der Waals surface area contributed by atoms with Crippen LogP contribution in [0.5, 0.6) is 0 Å². The maximum absolute atomic E-state index is 12.8. The van der Waals surface area contributed by atoms with Crippen molar-refractivity contribution in [2.24, 2.45) is 0 Å². The normalized spacial score (nSPS) is 17.4. The van der Waals surface area contributed by atoms with Gasteiger partial charge in [-0.05, 0) is 24.3 Å². The minimum Gasteiger partial charge on any atom is -0.467 e. The molecule has 3 rings (SSSR count). The Hall–Kier alpha value is -2.89.